The van der Waals surface area contributed by atoms with Gasteiger partial charge in [0.15, 0.2) is 0 Å². The lowest BCUT2D eigenvalue weighted by Crippen LogP contribution is -2.17. The van der Waals surface area contributed by atoms with Gasteiger partial charge in [0, 0.05) is 11.6 Å². The zero-order valence-corrected chi connectivity index (χ0v) is 12.0. The maximum Gasteiger partial charge on any atom is 0.573 e. The van der Waals surface area contributed by atoms with Gasteiger partial charge in [-0.15, -0.1) is 13.2 Å². The van der Waals surface area contributed by atoms with Gasteiger partial charge in [0.2, 0.25) is 0 Å². The second kappa shape index (κ2) is 6.27. The molecule has 0 aliphatic rings. The maximum absolute atomic E-state index is 12.1. The summed E-state index contributed by atoms with van der Waals surface area (Å²) in [5, 5.41) is -0.226. The van der Waals surface area contributed by atoms with Crippen LogP contribution in [0.1, 0.15) is 15.9 Å². The molecular weight excluding hydrogens is 321 g/mol. The molecule has 2 aromatic carbocycles. The van der Waals surface area contributed by atoms with Crippen LogP contribution in [0.15, 0.2) is 36.4 Å². The number of alkyl halides is 3. The SMILES string of the molecule is Cc1cc(Oc2ccc(OC(F)(F)F)c(Cl)c2)ccc1C=O. The standard InChI is InChI=1S/C15H10ClF3O3/c1-9-6-11(3-2-10(9)8-20)21-12-4-5-14(13(16)7-12)22-15(17,18)19/h2-8H,1H3. The average molecular weight is 331 g/mol. The molecule has 0 amide bonds. The normalized spacial score (nSPS) is 11.1. The average Bonchev–Trinajstić information content (AvgIpc) is 2.41. The minimum atomic E-state index is -4.81. The van der Waals surface area contributed by atoms with E-state index in [0.717, 1.165) is 17.9 Å². The Morgan fingerprint density at radius 1 is 1.09 bits per heavy atom. The van der Waals surface area contributed by atoms with Gasteiger partial charge in [0.1, 0.15) is 23.5 Å². The molecule has 7 heteroatoms. The molecule has 0 saturated carbocycles. The van der Waals surface area contributed by atoms with Crippen LogP contribution >= 0.6 is 11.6 Å². The van der Waals surface area contributed by atoms with Crippen LogP contribution in [0.4, 0.5) is 13.2 Å². The van der Waals surface area contributed by atoms with Gasteiger partial charge in [0.05, 0.1) is 5.02 Å². The fraction of sp³-hybridized carbons (Fsp3) is 0.133. The Morgan fingerprint density at radius 3 is 2.27 bits per heavy atom. The van der Waals surface area contributed by atoms with E-state index in [4.69, 9.17) is 16.3 Å². The van der Waals surface area contributed by atoms with E-state index in [1.807, 2.05) is 0 Å². The van der Waals surface area contributed by atoms with E-state index in [2.05, 4.69) is 4.74 Å². The lowest BCUT2D eigenvalue weighted by atomic mass is 10.1. The molecular formula is C15H10ClF3O3. The largest absolute Gasteiger partial charge is 0.573 e. The number of aryl methyl sites for hydroxylation is 1. The van der Waals surface area contributed by atoms with Gasteiger partial charge in [0.25, 0.3) is 0 Å². The molecule has 0 aromatic heterocycles. The number of hydrogen-bond donors (Lipinski definition) is 0. The zero-order chi connectivity index (χ0) is 16.3. The summed E-state index contributed by atoms with van der Waals surface area (Å²) in [7, 11) is 0. The second-order valence-electron chi connectivity index (χ2n) is 4.38. The van der Waals surface area contributed by atoms with E-state index in [1.165, 1.54) is 12.1 Å². The summed E-state index contributed by atoms with van der Waals surface area (Å²) < 4.78 is 45.7. The number of ether oxygens (including phenoxy) is 2. The van der Waals surface area contributed by atoms with E-state index in [1.54, 1.807) is 25.1 Å². The number of halogens is 4. The van der Waals surface area contributed by atoms with Crippen LogP contribution in [0.5, 0.6) is 17.2 Å². The molecule has 0 saturated heterocycles. The van der Waals surface area contributed by atoms with Crippen LogP contribution in [-0.2, 0) is 0 Å². The highest BCUT2D eigenvalue weighted by Gasteiger charge is 2.32. The predicted molar refractivity (Wildman–Crippen MR) is 74.8 cm³/mol. The Kier molecular flexibility index (Phi) is 4.61. The van der Waals surface area contributed by atoms with Crippen LogP contribution in [0.2, 0.25) is 5.02 Å². The van der Waals surface area contributed by atoms with Crippen molar-refractivity contribution in [3.63, 3.8) is 0 Å². The number of hydrogen-bond acceptors (Lipinski definition) is 3. The summed E-state index contributed by atoms with van der Waals surface area (Å²) >= 11 is 5.73. The molecule has 116 valence electrons. The molecule has 0 aliphatic heterocycles. The summed E-state index contributed by atoms with van der Waals surface area (Å²) in [6.07, 6.45) is -4.09. The third-order valence-corrected chi connectivity index (χ3v) is 3.03. The van der Waals surface area contributed by atoms with Gasteiger partial charge in [-0.3, -0.25) is 4.79 Å². The van der Waals surface area contributed by atoms with Gasteiger partial charge in [-0.25, -0.2) is 0 Å². The van der Waals surface area contributed by atoms with E-state index in [0.29, 0.717) is 11.3 Å². The Bertz CT molecular complexity index is 699. The van der Waals surface area contributed by atoms with Crippen molar-refractivity contribution in [1.82, 2.24) is 0 Å². The first-order chi connectivity index (χ1) is 10.3. The van der Waals surface area contributed by atoms with Crippen molar-refractivity contribution in [1.29, 1.82) is 0 Å². The van der Waals surface area contributed by atoms with Crippen LogP contribution in [0, 0.1) is 6.92 Å². The predicted octanol–water partition coefficient (Wildman–Crippen LogP) is 5.15. The molecule has 0 bridgehead atoms. The number of benzene rings is 2. The minimum absolute atomic E-state index is 0.226. The summed E-state index contributed by atoms with van der Waals surface area (Å²) in [5.74, 6) is 0.176. The van der Waals surface area contributed by atoms with Gasteiger partial charge in [-0.2, -0.15) is 0 Å². The number of aldehydes is 1. The minimum Gasteiger partial charge on any atom is -0.457 e. The maximum atomic E-state index is 12.1. The summed E-state index contributed by atoms with van der Waals surface area (Å²) in [4.78, 5) is 10.7. The molecule has 3 nitrogen and oxygen atoms in total. The smallest absolute Gasteiger partial charge is 0.457 e. The van der Waals surface area contributed by atoms with Crippen molar-refractivity contribution in [3.05, 3.63) is 52.5 Å². The summed E-state index contributed by atoms with van der Waals surface area (Å²) in [6, 6.07) is 8.38. The molecule has 0 N–H and O–H groups in total. The molecule has 2 rings (SSSR count). The first-order valence-corrected chi connectivity index (χ1v) is 6.45. The highest BCUT2D eigenvalue weighted by Crippen LogP contribution is 2.34. The lowest BCUT2D eigenvalue weighted by molar-refractivity contribution is -0.274. The van der Waals surface area contributed by atoms with Gasteiger partial charge >= 0.3 is 6.36 Å². The van der Waals surface area contributed by atoms with E-state index >= 15 is 0 Å². The van der Waals surface area contributed by atoms with Crippen LogP contribution in [0.3, 0.4) is 0 Å². The Labute approximate surface area is 129 Å². The Balaban J connectivity index is 2.19. The third kappa shape index (κ3) is 4.14. The van der Waals surface area contributed by atoms with Crippen molar-refractivity contribution >= 4 is 17.9 Å². The Morgan fingerprint density at radius 2 is 1.73 bits per heavy atom. The number of rotatable bonds is 4. The molecule has 0 atom stereocenters. The van der Waals surface area contributed by atoms with Crippen molar-refractivity contribution in [3.8, 4) is 17.2 Å². The van der Waals surface area contributed by atoms with Gasteiger partial charge in [-0.1, -0.05) is 11.6 Å². The third-order valence-electron chi connectivity index (χ3n) is 2.73. The summed E-state index contributed by atoms with van der Waals surface area (Å²) in [6.45, 7) is 1.74. The van der Waals surface area contributed by atoms with Crippen LogP contribution in [-0.4, -0.2) is 12.6 Å². The van der Waals surface area contributed by atoms with E-state index < -0.39 is 12.1 Å². The fourth-order valence-corrected chi connectivity index (χ4v) is 1.94. The second-order valence-corrected chi connectivity index (χ2v) is 4.79. The van der Waals surface area contributed by atoms with Crippen molar-refractivity contribution in [2.24, 2.45) is 0 Å². The summed E-state index contributed by atoms with van der Waals surface area (Å²) in [5.41, 5.74) is 1.25. The van der Waals surface area contributed by atoms with Crippen molar-refractivity contribution in [2.45, 2.75) is 13.3 Å². The first kappa shape index (κ1) is 16.2. The number of carbonyl (C=O) groups is 1. The molecule has 0 radical (unpaired) electrons. The van der Waals surface area contributed by atoms with Gasteiger partial charge in [-0.05, 0) is 42.8 Å². The van der Waals surface area contributed by atoms with Gasteiger partial charge < -0.3 is 9.47 Å². The monoisotopic (exact) mass is 330 g/mol. The lowest BCUT2D eigenvalue weighted by Gasteiger charge is -2.12. The first-order valence-electron chi connectivity index (χ1n) is 6.07. The van der Waals surface area contributed by atoms with Crippen molar-refractivity contribution in [2.75, 3.05) is 0 Å². The molecule has 0 unspecified atom stereocenters. The molecule has 0 fully saturated rings. The highest BCUT2D eigenvalue weighted by atomic mass is 35.5. The quantitative estimate of drug-likeness (QED) is 0.727. The van der Waals surface area contributed by atoms with Crippen LogP contribution in [0.25, 0.3) is 0 Å². The molecule has 2 aromatic rings. The molecule has 0 aliphatic carbocycles. The molecule has 0 heterocycles. The topological polar surface area (TPSA) is 35.5 Å². The van der Waals surface area contributed by atoms with Crippen LogP contribution < -0.4 is 9.47 Å². The highest BCUT2D eigenvalue weighted by molar-refractivity contribution is 6.32. The molecule has 22 heavy (non-hydrogen) atoms. The van der Waals surface area contributed by atoms with E-state index in [-0.39, 0.29) is 10.8 Å². The zero-order valence-electron chi connectivity index (χ0n) is 11.3. The fourth-order valence-electron chi connectivity index (χ4n) is 1.73. The Hall–Kier alpha value is -2.21. The van der Waals surface area contributed by atoms with E-state index in [9.17, 15) is 18.0 Å². The van der Waals surface area contributed by atoms with Crippen molar-refractivity contribution < 1.29 is 27.4 Å². The molecule has 0 spiro atoms. The number of carbonyl (C=O) groups excluding carboxylic acids is 1.